The van der Waals surface area contributed by atoms with E-state index in [4.69, 9.17) is 4.99 Å². The standard InChI is InChI=1S/C19H36N6/c1-5-20-19(22-14-18-9-7-11-24(6-2)15-18)21-10-8-12-25-17(4)13-16(3)23-25/h13,18H,5-12,14-15H2,1-4H3,(H2,20,21,22). The largest absolute Gasteiger partial charge is 0.357 e. The van der Waals surface area contributed by atoms with Gasteiger partial charge in [-0.3, -0.25) is 9.67 Å². The van der Waals surface area contributed by atoms with Gasteiger partial charge in [-0.25, -0.2) is 0 Å². The van der Waals surface area contributed by atoms with Crippen LogP contribution in [0, 0.1) is 19.8 Å². The Hall–Kier alpha value is -1.56. The molecule has 2 heterocycles. The minimum Gasteiger partial charge on any atom is -0.357 e. The molecule has 1 fully saturated rings. The minimum absolute atomic E-state index is 0.693. The molecular formula is C19H36N6. The van der Waals surface area contributed by atoms with Gasteiger partial charge < -0.3 is 15.5 Å². The molecule has 1 aliphatic rings. The minimum atomic E-state index is 0.693. The van der Waals surface area contributed by atoms with E-state index in [2.05, 4.69) is 52.2 Å². The van der Waals surface area contributed by atoms with Crippen LogP contribution in [0.5, 0.6) is 0 Å². The normalized spacial score (nSPS) is 19.2. The van der Waals surface area contributed by atoms with Crippen molar-refractivity contribution < 1.29 is 0 Å². The number of nitrogens with one attached hydrogen (secondary N) is 2. The number of hydrogen-bond donors (Lipinski definition) is 2. The van der Waals surface area contributed by atoms with Gasteiger partial charge in [-0.05, 0) is 65.1 Å². The first kappa shape index (κ1) is 19.8. The summed E-state index contributed by atoms with van der Waals surface area (Å²) in [6.45, 7) is 15.8. The Labute approximate surface area is 153 Å². The summed E-state index contributed by atoms with van der Waals surface area (Å²) in [6, 6.07) is 2.13. The second kappa shape index (κ2) is 10.4. The highest BCUT2D eigenvalue weighted by molar-refractivity contribution is 5.79. The Morgan fingerprint density at radius 1 is 1.32 bits per heavy atom. The smallest absolute Gasteiger partial charge is 0.191 e. The molecule has 6 heteroatoms. The van der Waals surface area contributed by atoms with Gasteiger partial charge in [0.15, 0.2) is 5.96 Å². The number of likely N-dealkylation sites (tertiary alicyclic amines) is 1. The van der Waals surface area contributed by atoms with Crippen LogP contribution in [0.4, 0.5) is 0 Å². The van der Waals surface area contributed by atoms with Crippen LogP contribution in [0.2, 0.25) is 0 Å². The van der Waals surface area contributed by atoms with E-state index in [9.17, 15) is 0 Å². The quantitative estimate of drug-likeness (QED) is 0.429. The van der Waals surface area contributed by atoms with Crippen LogP contribution in [-0.4, -0.2) is 59.9 Å². The highest BCUT2D eigenvalue weighted by atomic mass is 15.3. The molecule has 1 aromatic heterocycles. The van der Waals surface area contributed by atoms with Crippen molar-refractivity contribution in [1.82, 2.24) is 25.3 Å². The monoisotopic (exact) mass is 348 g/mol. The van der Waals surface area contributed by atoms with Gasteiger partial charge in [0.05, 0.1) is 5.69 Å². The highest BCUT2D eigenvalue weighted by Crippen LogP contribution is 2.16. The summed E-state index contributed by atoms with van der Waals surface area (Å²) in [5.74, 6) is 1.64. The zero-order chi connectivity index (χ0) is 18.1. The van der Waals surface area contributed by atoms with Crippen molar-refractivity contribution in [3.05, 3.63) is 17.5 Å². The number of aryl methyl sites for hydroxylation is 3. The maximum absolute atomic E-state index is 4.82. The molecule has 0 aliphatic carbocycles. The second-order valence-corrected chi connectivity index (χ2v) is 7.05. The number of piperidine rings is 1. The summed E-state index contributed by atoms with van der Waals surface area (Å²) >= 11 is 0. The number of guanidine groups is 1. The van der Waals surface area contributed by atoms with Crippen molar-refractivity contribution in [3.63, 3.8) is 0 Å². The molecule has 1 saturated heterocycles. The maximum atomic E-state index is 4.82. The van der Waals surface area contributed by atoms with Crippen LogP contribution in [0.3, 0.4) is 0 Å². The molecule has 1 aromatic rings. The van der Waals surface area contributed by atoms with Gasteiger partial charge in [0, 0.05) is 38.4 Å². The molecule has 1 unspecified atom stereocenters. The van der Waals surface area contributed by atoms with E-state index in [1.807, 2.05) is 6.92 Å². The van der Waals surface area contributed by atoms with Crippen LogP contribution in [-0.2, 0) is 6.54 Å². The van der Waals surface area contributed by atoms with Crippen LogP contribution >= 0.6 is 0 Å². The molecule has 0 saturated carbocycles. The lowest BCUT2D eigenvalue weighted by Gasteiger charge is -2.31. The van der Waals surface area contributed by atoms with Gasteiger partial charge >= 0.3 is 0 Å². The van der Waals surface area contributed by atoms with E-state index in [-0.39, 0.29) is 0 Å². The Morgan fingerprint density at radius 2 is 2.16 bits per heavy atom. The SMILES string of the molecule is CCNC(=NCC1CCCN(CC)C1)NCCCn1nc(C)cc1C. The molecule has 2 N–H and O–H groups in total. The first-order valence-corrected chi connectivity index (χ1v) is 9.88. The number of aliphatic imine (C=N–C) groups is 1. The third-order valence-corrected chi connectivity index (χ3v) is 4.84. The fraction of sp³-hybridized carbons (Fsp3) is 0.789. The Kier molecular flexibility index (Phi) is 8.25. The van der Waals surface area contributed by atoms with Gasteiger partial charge in [0.1, 0.15) is 0 Å². The fourth-order valence-corrected chi connectivity index (χ4v) is 3.49. The molecule has 2 rings (SSSR count). The molecule has 0 radical (unpaired) electrons. The van der Waals surface area contributed by atoms with Crippen molar-refractivity contribution in [2.45, 2.75) is 53.5 Å². The Balaban J connectivity index is 1.74. The fourth-order valence-electron chi connectivity index (χ4n) is 3.49. The molecule has 0 bridgehead atoms. The lowest BCUT2D eigenvalue weighted by atomic mass is 9.98. The molecule has 1 aliphatic heterocycles. The molecule has 25 heavy (non-hydrogen) atoms. The summed E-state index contributed by atoms with van der Waals surface area (Å²) in [5, 5.41) is 11.3. The predicted molar refractivity (Wildman–Crippen MR) is 105 cm³/mol. The van der Waals surface area contributed by atoms with E-state index >= 15 is 0 Å². The molecule has 1 atom stereocenters. The highest BCUT2D eigenvalue weighted by Gasteiger charge is 2.18. The molecule has 0 amide bonds. The summed E-state index contributed by atoms with van der Waals surface area (Å²) in [7, 11) is 0. The van der Waals surface area contributed by atoms with Crippen LogP contribution < -0.4 is 10.6 Å². The number of nitrogens with zero attached hydrogens (tertiary/aromatic N) is 4. The zero-order valence-electron chi connectivity index (χ0n) is 16.5. The van der Waals surface area contributed by atoms with E-state index in [0.717, 1.165) is 50.8 Å². The van der Waals surface area contributed by atoms with Crippen molar-refractivity contribution in [2.24, 2.45) is 10.9 Å². The molecule has 6 nitrogen and oxygen atoms in total. The summed E-state index contributed by atoms with van der Waals surface area (Å²) in [6.07, 6.45) is 3.65. The maximum Gasteiger partial charge on any atom is 0.191 e. The zero-order valence-corrected chi connectivity index (χ0v) is 16.5. The first-order chi connectivity index (χ1) is 12.1. The van der Waals surface area contributed by atoms with E-state index < -0.39 is 0 Å². The van der Waals surface area contributed by atoms with Crippen molar-refractivity contribution in [1.29, 1.82) is 0 Å². The van der Waals surface area contributed by atoms with E-state index in [0.29, 0.717) is 5.92 Å². The number of hydrogen-bond acceptors (Lipinski definition) is 3. The van der Waals surface area contributed by atoms with Gasteiger partial charge in [-0.2, -0.15) is 5.10 Å². The lowest BCUT2D eigenvalue weighted by Crippen LogP contribution is -2.40. The molecule has 142 valence electrons. The lowest BCUT2D eigenvalue weighted by molar-refractivity contribution is 0.186. The molecular weight excluding hydrogens is 312 g/mol. The van der Waals surface area contributed by atoms with Gasteiger partial charge in [0.2, 0.25) is 0 Å². The topological polar surface area (TPSA) is 57.5 Å². The molecule has 0 spiro atoms. The van der Waals surface area contributed by atoms with Crippen molar-refractivity contribution >= 4 is 5.96 Å². The third kappa shape index (κ3) is 6.69. The van der Waals surface area contributed by atoms with Gasteiger partial charge in [-0.1, -0.05) is 6.92 Å². The Morgan fingerprint density at radius 3 is 2.84 bits per heavy atom. The summed E-state index contributed by atoms with van der Waals surface area (Å²) in [5.41, 5.74) is 2.32. The second-order valence-electron chi connectivity index (χ2n) is 7.05. The predicted octanol–water partition coefficient (Wildman–Crippen LogP) is 2.18. The number of aromatic nitrogens is 2. The van der Waals surface area contributed by atoms with Crippen LogP contribution in [0.1, 0.15) is 44.5 Å². The van der Waals surface area contributed by atoms with E-state index in [1.54, 1.807) is 0 Å². The average Bonchev–Trinajstić information content (AvgIpc) is 2.94. The summed E-state index contributed by atoms with van der Waals surface area (Å²) in [4.78, 5) is 7.36. The van der Waals surface area contributed by atoms with Gasteiger partial charge in [0.25, 0.3) is 0 Å². The third-order valence-electron chi connectivity index (χ3n) is 4.84. The number of rotatable bonds is 8. The first-order valence-electron chi connectivity index (χ1n) is 9.88. The van der Waals surface area contributed by atoms with Crippen molar-refractivity contribution in [2.75, 3.05) is 39.3 Å². The van der Waals surface area contributed by atoms with Crippen LogP contribution in [0.25, 0.3) is 0 Å². The van der Waals surface area contributed by atoms with Gasteiger partial charge in [-0.15, -0.1) is 0 Å². The molecule has 0 aromatic carbocycles. The summed E-state index contributed by atoms with van der Waals surface area (Å²) < 4.78 is 2.09. The van der Waals surface area contributed by atoms with E-state index in [1.165, 1.54) is 31.6 Å². The van der Waals surface area contributed by atoms with Crippen LogP contribution in [0.15, 0.2) is 11.1 Å². The Bertz CT molecular complexity index is 536. The average molecular weight is 349 g/mol. The van der Waals surface area contributed by atoms with Crippen molar-refractivity contribution in [3.8, 4) is 0 Å².